The Morgan fingerprint density at radius 1 is 0.829 bits per heavy atom. The molecule has 2 aromatic carbocycles. The Hall–Kier alpha value is -2.66. The molecule has 13 heteroatoms. The van der Waals surface area contributed by atoms with Gasteiger partial charge in [-0.05, 0) is 67.6 Å². The number of halogens is 5. The number of methoxy groups -OCH3 is 3. The van der Waals surface area contributed by atoms with E-state index in [9.17, 15) is 23.2 Å². The van der Waals surface area contributed by atoms with Gasteiger partial charge in [0, 0.05) is 22.6 Å². The normalized spacial score (nSPS) is 21.9. The summed E-state index contributed by atoms with van der Waals surface area (Å²) in [6.07, 6.45) is 1.71. The molecule has 0 aromatic heterocycles. The molecule has 4 rings (SSSR count). The number of carbonyl (C=O) groups is 3. The van der Waals surface area contributed by atoms with Crippen molar-refractivity contribution in [2.45, 2.75) is 37.8 Å². The molecule has 0 saturated carbocycles. The number of nitrogens with one attached hydrogen (secondary N) is 1. The summed E-state index contributed by atoms with van der Waals surface area (Å²) >= 11 is 12.1. The van der Waals surface area contributed by atoms with Gasteiger partial charge in [0.1, 0.15) is 11.6 Å². The average molecular weight is 638 g/mol. The minimum Gasteiger partial charge on any atom is -0.469 e. The quantitative estimate of drug-likeness (QED) is 0.311. The molecule has 1 N–H and O–H groups in total. The van der Waals surface area contributed by atoms with E-state index < -0.39 is 18.0 Å². The minimum atomic E-state index is -0.506. The smallest absolute Gasteiger partial charge is 0.409 e. The van der Waals surface area contributed by atoms with Crippen LogP contribution < -0.4 is 5.32 Å². The number of esters is 2. The maximum Gasteiger partial charge on any atom is 0.409 e. The molecule has 4 atom stereocenters. The van der Waals surface area contributed by atoms with Crippen LogP contribution in [0.2, 0.25) is 10.0 Å². The number of benzene rings is 2. The van der Waals surface area contributed by atoms with Gasteiger partial charge < -0.3 is 24.4 Å². The van der Waals surface area contributed by atoms with Crippen LogP contribution in [0.5, 0.6) is 0 Å². The molecule has 0 spiro atoms. The molecule has 2 heterocycles. The topological polar surface area (TPSA) is 94.2 Å². The summed E-state index contributed by atoms with van der Waals surface area (Å²) < 4.78 is 40.6. The van der Waals surface area contributed by atoms with Crippen LogP contribution in [0, 0.1) is 23.5 Å². The number of hydrogen-bond acceptors (Lipinski definition) is 7. The number of likely N-dealkylation sites (tertiary alicyclic amines) is 1. The summed E-state index contributed by atoms with van der Waals surface area (Å²) in [4.78, 5) is 36.8. The third kappa shape index (κ3) is 8.91. The van der Waals surface area contributed by atoms with Crippen LogP contribution in [0.15, 0.2) is 36.4 Å². The molecule has 2 aliphatic rings. The zero-order chi connectivity index (χ0) is 29.4. The van der Waals surface area contributed by atoms with Gasteiger partial charge in [0.05, 0.1) is 39.2 Å². The fourth-order valence-corrected chi connectivity index (χ4v) is 5.66. The van der Waals surface area contributed by atoms with Gasteiger partial charge in [0.2, 0.25) is 0 Å². The minimum absolute atomic E-state index is 0. The summed E-state index contributed by atoms with van der Waals surface area (Å²) in [6, 6.07) is 7.83. The van der Waals surface area contributed by atoms with E-state index in [4.69, 9.17) is 37.4 Å². The zero-order valence-electron chi connectivity index (χ0n) is 22.8. The van der Waals surface area contributed by atoms with Crippen molar-refractivity contribution in [3.8, 4) is 0 Å². The average Bonchev–Trinajstić information content (AvgIpc) is 2.96. The SMILES string of the molecule is COC(=O)C1CCN(C(=O)OC)C(c2ccc(F)cc2Cl)C1.COC(=O)C1CCNC(c2ccc(F)cc2Cl)C1.Cl. The molecule has 0 radical (unpaired) electrons. The number of hydrogen-bond donors (Lipinski definition) is 1. The predicted molar refractivity (Wildman–Crippen MR) is 152 cm³/mol. The van der Waals surface area contributed by atoms with Crippen LogP contribution in [-0.2, 0) is 23.8 Å². The van der Waals surface area contributed by atoms with Gasteiger partial charge in [-0.3, -0.25) is 9.59 Å². The van der Waals surface area contributed by atoms with Gasteiger partial charge in [-0.2, -0.15) is 0 Å². The van der Waals surface area contributed by atoms with E-state index in [-0.39, 0.29) is 53.1 Å². The monoisotopic (exact) mass is 636 g/mol. The van der Waals surface area contributed by atoms with Crippen LogP contribution in [0.25, 0.3) is 0 Å². The standard InChI is InChI=1S/C15H17ClFNO4.C13H15ClFNO2.ClH/c1-21-14(19)9-5-6-18(15(20)22-2)13(7-9)11-4-3-10(17)8-12(11)16;1-18-13(17)8-4-5-16-12(6-8)10-3-2-9(15)7-11(10)14;/h3-4,8-9,13H,5-7H2,1-2H3;2-3,7-8,12,16H,4-6H2,1H3;1H. The number of carbonyl (C=O) groups excluding carboxylic acids is 3. The van der Waals surface area contributed by atoms with E-state index in [2.05, 4.69) is 5.32 Å². The first kappa shape index (κ1) is 34.5. The van der Waals surface area contributed by atoms with Crippen molar-refractivity contribution < 1.29 is 37.4 Å². The summed E-state index contributed by atoms with van der Waals surface area (Å²) in [5.74, 6) is -1.80. The van der Waals surface area contributed by atoms with Crippen LogP contribution in [-0.4, -0.2) is 57.4 Å². The molecule has 2 fully saturated rings. The third-order valence-electron chi connectivity index (χ3n) is 7.14. The number of amides is 1. The van der Waals surface area contributed by atoms with Crippen molar-refractivity contribution in [1.82, 2.24) is 10.2 Å². The van der Waals surface area contributed by atoms with Crippen molar-refractivity contribution >= 4 is 53.6 Å². The van der Waals surface area contributed by atoms with Crippen LogP contribution >= 0.6 is 35.6 Å². The maximum atomic E-state index is 13.2. The molecule has 0 aliphatic carbocycles. The van der Waals surface area contributed by atoms with Crippen molar-refractivity contribution in [3.63, 3.8) is 0 Å². The molecular formula is C28H33Cl3F2N2O6. The van der Waals surface area contributed by atoms with Crippen molar-refractivity contribution in [3.05, 3.63) is 69.2 Å². The van der Waals surface area contributed by atoms with Crippen molar-refractivity contribution in [2.24, 2.45) is 11.8 Å². The van der Waals surface area contributed by atoms with Crippen LogP contribution in [0.3, 0.4) is 0 Å². The van der Waals surface area contributed by atoms with Gasteiger partial charge >= 0.3 is 18.0 Å². The lowest BCUT2D eigenvalue weighted by Crippen LogP contribution is -2.43. The zero-order valence-corrected chi connectivity index (χ0v) is 25.2. The van der Waals surface area contributed by atoms with Crippen molar-refractivity contribution in [2.75, 3.05) is 34.4 Å². The number of piperidine rings is 2. The highest BCUT2D eigenvalue weighted by Crippen LogP contribution is 2.38. The second kappa shape index (κ2) is 16.1. The molecule has 4 unspecified atom stereocenters. The predicted octanol–water partition coefficient (Wildman–Crippen LogP) is 6.29. The first-order chi connectivity index (χ1) is 19.1. The fraction of sp³-hybridized carbons (Fsp3) is 0.464. The van der Waals surface area contributed by atoms with E-state index in [1.807, 2.05) is 0 Å². The van der Waals surface area contributed by atoms with Crippen LogP contribution in [0.1, 0.15) is 48.9 Å². The second-order valence-electron chi connectivity index (χ2n) is 9.51. The maximum absolute atomic E-state index is 13.2. The Labute approximate surface area is 254 Å². The highest BCUT2D eigenvalue weighted by atomic mass is 35.5. The Morgan fingerprint density at radius 2 is 1.37 bits per heavy atom. The molecule has 226 valence electrons. The van der Waals surface area contributed by atoms with Crippen LogP contribution in [0.4, 0.5) is 13.6 Å². The molecule has 0 bridgehead atoms. The first-order valence-corrected chi connectivity index (χ1v) is 13.5. The highest BCUT2D eigenvalue weighted by molar-refractivity contribution is 6.31. The second-order valence-corrected chi connectivity index (χ2v) is 10.3. The lowest BCUT2D eigenvalue weighted by atomic mass is 9.87. The van der Waals surface area contributed by atoms with Gasteiger partial charge in [0.15, 0.2) is 0 Å². The molecule has 41 heavy (non-hydrogen) atoms. The third-order valence-corrected chi connectivity index (χ3v) is 7.80. The first-order valence-electron chi connectivity index (χ1n) is 12.7. The lowest BCUT2D eigenvalue weighted by molar-refractivity contribution is -0.148. The Bertz CT molecular complexity index is 1220. The molecular weight excluding hydrogens is 605 g/mol. The van der Waals surface area contributed by atoms with E-state index in [1.54, 1.807) is 6.07 Å². The summed E-state index contributed by atoms with van der Waals surface area (Å²) in [5.41, 5.74) is 1.41. The van der Waals surface area contributed by atoms with E-state index in [0.29, 0.717) is 36.4 Å². The van der Waals surface area contributed by atoms with Gasteiger partial charge in [0.25, 0.3) is 0 Å². The number of ether oxygens (including phenoxy) is 3. The Morgan fingerprint density at radius 3 is 1.88 bits per heavy atom. The molecule has 1 amide bonds. The van der Waals surface area contributed by atoms with E-state index >= 15 is 0 Å². The fourth-order valence-electron chi connectivity index (χ4n) is 5.07. The molecule has 8 nitrogen and oxygen atoms in total. The summed E-state index contributed by atoms with van der Waals surface area (Å²) in [6.45, 7) is 1.06. The van der Waals surface area contributed by atoms with E-state index in [1.165, 1.54) is 56.6 Å². The number of nitrogens with zero attached hydrogens (tertiary/aromatic N) is 1. The Kier molecular flexibility index (Phi) is 13.6. The Balaban J connectivity index is 0.000000285. The molecule has 2 aromatic rings. The van der Waals surface area contributed by atoms with E-state index in [0.717, 1.165) is 18.5 Å². The summed E-state index contributed by atoms with van der Waals surface area (Å²) in [7, 11) is 4.01. The molecule has 2 saturated heterocycles. The van der Waals surface area contributed by atoms with Crippen molar-refractivity contribution in [1.29, 1.82) is 0 Å². The molecule has 2 aliphatic heterocycles. The van der Waals surface area contributed by atoms with Gasteiger partial charge in [-0.1, -0.05) is 35.3 Å². The van der Waals surface area contributed by atoms with Gasteiger partial charge in [-0.25, -0.2) is 13.6 Å². The number of rotatable bonds is 4. The lowest BCUT2D eigenvalue weighted by Gasteiger charge is -2.38. The largest absolute Gasteiger partial charge is 0.469 e. The summed E-state index contributed by atoms with van der Waals surface area (Å²) in [5, 5.41) is 3.89. The van der Waals surface area contributed by atoms with Gasteiger partial charge in [-0.15, -0.1) is 12.4 Å². The highest BCUT2D eigenvalue weighted by Gasteiger charge is 2.37.